The van der Waals surface area contributed by atoms with Crippen molar-refractivity contribution in [2.24, 2.45) is 0 Å². The van der Waals surface area contributed by atoms with E-state index < -0.39 is 6.04 Å². The number of aromatic hydroxyl groups is 2. The summed E-state index contributed by atoms with van der Waals surface area (Å²) in [5.41, 5.74) is 2.44. The van der Waals surface area contributed by atoms with Crippen molar-refractivity contribution in [2.75, 3.05) is 5.32 Å². The lowest BCUT2D eigenvalue weighted by Crippen LogP contribution is -2.14. The Balaban J connectivity index is 1.88. The molecular weight excluding hydrogens is 316 g/mol. The highest BCUT2D eigenvalue weighted by atomic mass is 16.3. The van der Waals surface area contributed by atoms with Crippen LogP contribution in [0.1, 0.15) is 17.2 Å². The average Bonchev–Trinajstić information content (AvgIpc) is 3.07. The normalized spacial score (nSPS) is 12.2. The quantitative estimate of drug-likeness (QED) is 0.429. The van der Waals surface area contributed by atoms with Crippen molar-refractivity contribution < 1.29 is 10.2 Å². The minimum absolute atomic E-state index is 0.166. The number of anilines is 1. The molecule has 2 aromatic carbocycles. The largest absolute Gasteiger partial charge is 0.504 e. The summed E-state index contributed by atoms with van der Waals surface area (Å²) < 4.78 is 0. The maximum atomic E-state index is 10.4. The Bertz CT molecular complexity index is 1010. The van der Waals surface area contributed by atoms with Crippen molar-refractivity contribution in [3.05, 3.63) is 78.2 Å². The Morgan fingerprint density at radius 2 is 1.68 bits per heavy atom. The third-order valence-electron chi connectivity index (χ3n) is 4.13. The third kappa shape index (κ3) is 2.74. The van der Waals surface area contributed by atoms with Gasteiger partial charge in [0.2, 0.25) is 5.95 Å². The molecule has 4 N–H and O–H groups in total. The SMILES string of the molecule is Oc1cccc(C(Nc2ncccn2)c2c[nH]c3ccccc23)c1O. The first kappa shape index (κ1) is 15.0. The lowest BCUT2D eigenvalue weighted by molar-refractivity contribution is 0.398. The highest BCUT2D eigenvalue weighted by Crippen LogP contribution is 2.39. The van der Waals surface area contributed by atoms with E-state index in [9.17, 15) is 10.2 Å². The van der Waals surface area contributed by atoms with Gasteiger partial charge in [-0.3, -0.25) is 0 Å². The molecule has 0 aliphatic heterocycles. The molecule has 1 unspecified atom stereocenters. The van der Waals surface area contributed by atoms with Crippen LogP contribution in [0.25, 0.3) is 10.9 Å². The number of aromatic amines is 1. The molecule has 0 radical (unpaired) electrons. The molecule has 0 aliphatic rings. The van der Waals surface area contributed by atoms with Gasteiger partial charge in [0.15, 0.2) is 11.5 Å². The first-order valence-corrected chi connectivity index (χ1v) is 7.84. The minimum Gasteiger partial charge on any atom is -0.504 e. The van der Waals surface area contributed by atoms with Crippen LogP contribution in [0.5, 0.6) is 11.5 Å². The Morgan fingerprint density at radius 3 is 2.52 bits per heavy atom. The van der Waals surface area contributed by atoms with Crippen LogP contribution >= 0.6 is 0 Å². The Labute approximate surface area is 143 Å². The van der Waals surface area contributed by atoms with Gasteiger partial charge >= 0.3 is 0 Å². The number of H-pyrrole nitrogens is 1. The van der Waals surface area contributed by atoms with E-state index in [-0.39, 0.29) is 11.5 Å². The molecule has 124 valence electrons. The zero-order valence-corrected chi connectivity index (χ0v) is 13.2. The molecule has 0 fully saturated rings. The number of benzene rings is 2. The van der Waals surface area contributed by atoms with Gasteiger partial charge in [-0.15, -0.1) is 0 Å². The van der Waals surface area contributed by atoms with Gasteiger partial charge < -0.3 is 20.5 Å². The number of para-hydroxylation sites is 2. The molecule has 0 spiro atoms. The molecule has 6 heteroatoms. The average molecular weight is 332 g/mol. The number of fused-ring (bicyclic) bond motifs is 1. The van der Waals surface area contributed by atoms with E-state index in [0.717, 1.165) is 16.5 Å². The predicted molar refractivity (Wildman–Crippen MR) is 95.6 cm³/mol. The summed E-state index contributed by atoms with van der Waals surface area (Å²) in [4.78, 5) is 11.7. The predicted octanol–water partition coefficient (Wildman–Crippen LogP) is 3.57. The number of aromatic nitrogens is 3. The molecule has 2 heterocycles. The summed E-state index contributed by atoms with van der Waals surface area (Å²) in [6.07, 6.45) is 5.17. The molecule has 1 atom stereocenters. The molecule has 6 nitrogen and oxygen atoms in total. The Kier molecular flexibility index (Phi) is 3.70. The van der Waals surface area contributed by atoms with Crippen molar-refractivity contribution in [3.63, 3.8) is 0 Å². The van der Waals surface area contributed by atoms with Crippen LogP contribution in [0.3, 0.4) is 0 Å². The van der Waals surface area contributed by atoms with E-state index in [4.69, 9.17) is 0 Å². The highest BCUT2D eigenvalue weighted by molar-refractivity contribution is 5.84. The first-order chi connectivity index (χ1) is 12.2. The molecule has 0 saturated heterocycles. The van der Waals surface area contributed by atoms with E-state index in [1.165, 1.54) is 6.07 Å². The number of phenols is 2. The van der Waals surface area contributed by atoms with Gasteiger partial charge in [-0.25, -0.2) is 9.97 Å². The van der Waals surface area contributed by atoms with Crippen molar-refractivity contribution in [3.8, 4) is 11.5 Å². The second-order valence-corrected chi connectivity index (χ2v) is 5.65. The van der Waals surface area contributed by atoms with Gasteiger partial charge in [0.25, 0.3) is 0 Å². The van der Waals surface area contributed by atoms with Gasteiger partial charge in [0, 0.05) is 40.6 Å². The maximum Gasteiger partial charge on any atom is 0.223 e. The van der Waals surface area contributed by atoms with E-state index in [2.05, 4.69) is 20.3 Å². The van der Waals surface area contributed by atoms with Crippen LogP contribution in [0.15, 0.2) is 67.1 Å². The van der Waals surface area contributed by atoms with Crippen molar-refractivity contribution in [2.45, 2.75) is 6.04 Å². The Hall–Kier alpha value is -3.54. The second-order valence-electron chi connectivity index (χ2n) is 5.65. The van der Waals surface area contributed by atoms with Gasteiger partial charge in [0.1, 0.15) is 0 Å². The number of nitrogens with one attached hydrogen (secondary N) is 2. The smallest absolute Gasteiger partial charge is 0.223 e. The zero-order valence-electron chi connectivity index (χ0n) is 13.2. The summed E-state index contributed by atoms with van der Waals surface area (Å²) in [5, 5.41) is 24.5. The van der Waals surface area contributed by atoms with Crippen LogP contribution in [-0.2, 0) is 0 Å². The second kappa shape index (κ2) is 6.16. The maximum absolute atomic E-state index is 10.4. The number of hydrogen-bond donors (Lipinski definition) is 4. The van der Waals surface area contributed by atoms with Crippen LogP contribution in [0.2, 0.25) is 0 Å². The standard InChI is InChI=1S/C19H16N4O2/c24-16-8-3-6-13(18(16)25)17(23-19-20-9-4-10-21-19)14-11-22-15-7-2-1-5-12(14)15/h1-11,17,22,24-25H,(H,20,21,23). The lowest BCUT2D eigenvalue weighted by atomic mass is 9.97. The topological polar surface area (TPSA) is 94.1 Å². The third-order valence-corrected chi connectivity index (χ3v) is 4.13. The van der Waals surface area contributed by atoms with Crippen LogP contribution in [0, 0.1) is 0 Å². The molecule has 0 bridgehead atoms. The van der Waals surface area contributed by atoms with E-state index >= 15 is 0 Å². The van der Waals surface area contributed by atoms with E-state index in [1.54, 1.807) is 30.6 Å². The molecule has 0 amide bonds. The highest BCUT2D eigenvalue weighted by Gasteiger charge is 2.23. The zero-order chi connectivity index (χ0) is 17.2. The van der Waals surface area contributed by atoms with Crippen LogP contribution in [0.4, 0.5) is 5.95 Å². The number of hydrogen-bond acceptors (Lipinski definition) is 5. The summed E-state index contributed by atoms with van der Waals surface area (Å²) in [5.74, 6) is 0.0971. The van der Waals surface area contributed by atoms with E-state index in [1.807, 2.05) is 30.5 Å². The molecular formula is C19H16N4O2. The van der Waals surface area contributed by atoms with Crippen molar-refractivity contribution in [1.82, 2.24) is 15.0 Å². The summed E-state index contributed by atoms with van der Waals surface area (Å²) in [6, 6.07) is 14.1. The molecule has 0 saturated carbocycles. The van der Waals surface area contributed by atoms with Gasteiger partial charge in [-0.05, 0) is 18.2 Å². The van der Waals surface area contributed by atoms with Crippen molar-refractivity contribution in [1.29, 1.82) is 0 Å². The fourth-order valence-corrected chi connectivity index (χ4v) is 2.94. The first-order valence-electron chi connectivity index (χ1n) is 7.84. The van der Waals surface area contributed by atoms with Gasteiger partial charge in [-0.2, -0.15) is 0 Å². The summed E-state index contributed by atoms with van der Waals surface area (Å²) in [7, 11) is 0. The fourth-order valence-electron chi connectivity index (χ4n) is 2.94. The Morgan fingerprint density at radius 1 is 0.880 bits per heavy atom. The van der Waals surface area contributed by atoms with Crippen LogP contribution < -0.4 is 5.32 Å². The molecule has 2 aromatic heterocycles. The van der Waals surface area contributed by atoms with Gasteiger partial charge in [0.05, 0.1) is 6.04 Å². The van der Waals surface area contributed by atoms with E-state index in [0.29, 0.717) is 11.5 Å². The number of phenolic OH excluding ortho intramolecular Hbond substituents is 2. The molecule has 4 rings (SSSR count). The van der Waals surface area contributed by atoms with Gasteiger partial charge in [-0.1, -0.05) is 30.3 Å². The van der Waals surface area contributed by atoms with Crippen molar-refractivity contribution >= 4 is 16.9 Å². The summed E-state index contributed by atoms with van der Waals surface area (Å²) >= 11 is 0. The monoisotopic (exact) mass is 332 g/mol. The molecule has 25 heavy (non-hydrogen) atoms. The lowest BCUT2D eigenvalue weighted by Gasteiger charge is -2.20. The molecule has 4 aromatic rings. The number of nitrogens with zero attached hydrogens (tertiary/aromatic N) is 2. The minimum atomic E-state index is -0.439. The fraction of sp³-hybridized carbons (Fsp3) is 0.0526. The molecule has 0 aliphatic carbocycles. The summed E-state index contributed by atoms with van der Waals surface area (Å²) in [6.45, 7) is 0. The number of rotatable bonds is 4. The van der Waals surface area contributed by atoms with Crippen LogP contribution in [-0.4, -0.2) is 25.2 Å².